The fraction of sp³-hybridized carbons (Fsp3) is 0.714. The van der Waals surface area contributed by atoms with Gasteiger partial charge in [-0.3, -0.25) is 4.79 Å². The highest BCUT2D eigenvalue weighted by Gasteiger charge is 2.51. The summed E-state index contributed by atoms with van der Waals surface area (Å²) in [7, 11) is 1.67. The number of methoxy groups -OCH3 is 1. The Hall–Kier alpha value is -1.40. The molecule has 20 heavy (non-hydrogen) atoms. The highest BCUT2D eigenvalue weighted by Crippen LogP contribution is 2.37. The standard InChI is InChI=1S/C14H20N2O4/c1-3-10-7-11(20-15-10)13(17)16-8-12(18-2)14(9-16)5-4-6-19-14/h7,12H,3-6,8-9H2,1-2H3/t12-,14-/m0/s1. The van der Waals surface area contributed by atoms with Crippen LogP contribution in [0.2, 0.25) is 0 Å². The molecule has 0 bridgehead atoms. The van der Waals surface area contributed by atoms with Crippen LogP contribution in [0.25, 0.3) is 0 Å². The summed E-state index contributed by atoms with van der Waals surface area (Å²) in [6.07, 6.45) is 2.64. The Morgan fingerprint density at radius 1 is 1.65 bits per heavy atom. The molecule has 3 heterocycles. The number of aryl methyl sites for hydroxylation is 1. The molecule has 6 nitrogen and oxygen atoms in total. The maximum atomic E-state index is 12.5. The molecule has 110 valence electrons. The predicted molar refractivity (Wildman–Crippen MR) is 70.5 cm³/mol. The third-order valence-corrected chi connectivity index (χ3v) is 4.27. The van der Waals surface area contributed by atoms with Crippen LogP contribution in [0.5, 0.6) is 0 Å². The molecule has 0 aromatic carbocycles. The summed E-state index contributed by atoms with van der Waals surface area (Å²) >= 11 is 0. The van der Waals surface area contributed by atoms with Gasteiger partial charge in [-0.1, -0.05) is 12.1 Å². The lowest BCUT2D eigenvalue weighted by Gasteiger charge is -2.27. The van der Waals surface area contributed by atoms with Crippen LogP contribution >= 0.6 is 0 Å². The molecule has 0 saturated carbocycles. The van der Waals surface area contributed by atoms with Crippen molar-refractivity contribution >= 4 is 5.91 Å². The van der Waals surface area contributed by atoms with E-state index in [1.54, 1.807) is 18.1 Å². The van der Waals surface area contributed by atoms with Gasteiger partial charge in [-0.25, -0.2) is 0 Å². The first-order valence-corrected chi connectivity index (χ1v) is 7.10. The van der Waals surface area contributed by atoms with E-state index in [2.05, 4.69) is 5.16 Å². The minimum Gasteiger partial charge on any atom is -0.377 e. The van der Waals surface area contributed by atoms with E-state index in [4.69, 9.17) is 14.0 Å². The van der Waals surface area contributed by atoms with Crippen molar-refractivity contribution in [1.82, 2.24) is 10.1 Å². The van der Waals surface area contributed by atoms with Gasteiger partial charge in [0, 0.05) is 19.8 Å². The summed E-state index contributed by atoms with van der Waals surface area (Å²) in [5.41, 5.74) is 0.459. The molecule has 0 radical (unpaired) electrons. The van der Waals surface area contributed by atoms with Crippen LogP contribution in [0.4, 0.5) is 0 Å². The molecule has 1 aromatic heterocycles. The molecular weight excluding hydrogens is 260 g/mol. The van der Waals surface area contributed by atoms with Gasteiger partial charge in [0.05, 0.1) is 18.8 Å². The van der Waals surface area contributed by atoms with Crippen molar-refractivity contribution in [1.29, 1.82) is 0 Å². The van der Waals surface area contributed by atoms with Crippen molar-refractivity contribution in [3.63, 3.8) is 0 Å². The van der Waals surface area contributed by atoms with Gasteiger partial charge < -0.3 is 18.9 Å². The number of carbonyl (C=O) groups excluding carboxylic acids is 1. The first-order valence-electron chi connectivity index (χ1n) is 7.10. The van der Waals surface area contributed by atoms with Crippen LogP contribution in [0, 0.1) is 0 Å². The lowest BCUT2D eigenvalue weighted by atomic mass is 9.96. The van der Waals surface area contributed by atoms with E-state index in [1.165, 1.54) is 0 Å². The number of rotatable bonds is 3. The topological polar surface area (TPSA) is 64.8 Å². The smallest absolute Gasteiger partial charge is 0.292 e. The lowest BCUT2D eigenvalue weighted by molar-refractivity contribution is -0.0755. The third kappa shape index (κ3) is 2.13. The van der Waals surface area contributed by atoms with Crippen LogP contribution < -0.4 is 0 Å². The van der Waals surface area contributed by atoms with E-state index in [9.17, 15) is 4.79 Å². The van der Waals surface area contributed by atoms with E-state index in [1.807, 2.05) is 6.92 Å². The third-order valence-electron chi connectivity index (χ3n) is 4.27. The molecule has 2 fully saturated rings. The summed E-state index contributed by atoms with van der Waals surface area (Å²) in [6, 6.07) is 1.71. The van der Waals surface area contributed by atoms with Gasteiger partial charge in [-0.2, -0.15) is 0 Å². The number of aromatic nitrogens is 1. The number of likely N-dealkylation sites (tertiary alicyclic amines) is 1. The molecule has 1 aromatic rings. The molecule has 0 N–H and O–H groups in total. The zero-order valence-corrected chi connectivity index (χ0v) is 11.9. The molecule has 1 spiro atoms. The van der Waals surface area contributed by atoms with Gasteiger partial charge in [0.25, 0.3) is 5.91 Å². The van der Waals surface area contributed by atoms with E-state index in [0.717, 1.165) is 31.6 Å². The minimum atomic E-state index is -0.335. The van der Waals surface area contributed by atoms with Gasteiger partial charge in [-0.15, -0.1) is 0 Å². The monoisotopic (exact) mass is 280 g/mol. The van der Waals surface area contributed by atoms with Crippen LogP contribution in [-0.2, 0) is 15.9 Å². The number of carbonyl (C=O) groups is 1. The van der Waals surface area contributed by atoms with Crippen LogP contribution in [0.3, 0.4) is 0 Å². The van der Waals surface area contributed by atoms with Crippen LogP contribution in [-0.4, -0.2) is 54.5 Å². The van der Waals surface area contributed by atoms with Gasteiger partial charge >= 0.3 is 0 Å². The number of ether oxygens (including phenoxy) is 2. The van der Waals surface area contributed by atoms with Crippen molar-refractivity contribution < 1.29 is 18.8 Å². The molecule has 0 aliphatic carbocycles. The summed E-state index contributed by atoms with van der Waals surface area (Å²) < 4.78 is 16.5. The number of hydrogen-bond acceptors (Lipinski definition) is 5. The second-order valence-corrected chi connectivity index (χ2v) is 5.46. The van der Waals surface area contributed by atoms with Gasteiger partial charge in [0.15, 0.2) is 0 Å². The second-order valence-electron chi connectivity index (χ2n) is 5.46. The van der Waals surface area contributed by atoms with Crippen molar-refractivity contribution in [2.45, 2.75) is 37.9 Å². The molecule has 2 aliphatic heterocycles. The first-order chi connectivity index (χ1) is 9.68. The van der Waals surface area contributed by atoms with E-state index in [-0.39, 0.29) is 17.6 Å². The van der Waals surface area contributed by atoms with Crippen molar-refractivity contribution in [3.8, 4) is 0 Å². The molecule has 6 heteroatoms. The number of hydrogen-bond donors (Lipinski definition) is 0. The predicted octanol–water partition coefficient (Wildman–Crippen LogP) is 1.26. The Kier molecular flexibility index (Phi) is 3.52. The highest BCUT2D eigenvalue weighted by molar-refractivity contribution is 5.91. The van der Waals surface area contributed by atoms with Gasteiger partial charge in [-0.05, 0) is 19.3 Å². The Bertz CT molecular complexity index is 493. The first kappa shape index (κ1) is 13.6. The van der Waals surface area contributed by atoms with E-state index in [0.29, 0.717) is 18.8 Å². The molecular formula is C14H20N2O4. The molecule has 2 saturated heterocycles. The summed E-state index contributed by atoms with van der Waals surface area (Å²) in [5.74, 6) is 0.165. The molecule has 0 unspecified atom stereocenters. The molecule has 3 rings (SSSR count). The van der Waals surface area contributed by atoms with Crippen molar-refractivity contribution in [2.24, 2.45) is 0 Å². The highest BCUT2D eigenvalue weighted by atomic mass is 16.6. The SMILES string of the molecule is CCc1cc(C(=O)N2C[C@H](OC)[C@]3(CCCO3)C2)on1. The number of amides is 1. The second kappa shape index (κ2) is 5.18. The summed E-state index contributed by atoms with van der Waals surface area (Å²) in [5, 5.41) is 3.87. The number of nitrogens with zero attached hydrogens (tertiary/aromatic N) is 2. The maximum Gasteiger partial charge on any atom is 0.292 e. The zero-order chi connectivity index (χ0) is 14.2. The van der Waals surface area contributed by atoms with Crippen LogP contribution in [0.1, 0.15) is 36.0 Å². The fourth-order valence-corrected chi connectivity index (χ4v) is 3.13. The average Bonchev–Trinajstić information content (AvgIpc) is 3.18. The Morgan fingerprint density at radius 3 is 3.10 bits per heavy atom. The van der Waals surface area contributed by atoms with Crippen LogP contribution in [0.15, 0.2) is 10.6 Å². The Balaban J connectivity index is 1.76. The van der Waals surface area contributed by atoms with Crippen molar-refractivity contribution in [2.75, 3.05) is 26.8 Å². The summed E-state index contributed by atoms with van der Waals surface area (Å²) in [6.45, 7) is 3.82. The quantitative estimate of drug-likeness (QED) is 0.834. The zero-order valence-electron chi connectivity index (χ0n) is 11.9. The minimum absolute atomic E-state index is 0.0671. The van der Waals surface area contributed by atoms with Gasteiger partial charge in [0.1, 0.15) is 11.7 Å². The maximum absolute atomic E-state index is 12.5. The lowest BCUT2D eigenvalue weighted by Crippen LogP contribution is -2.42. The van der Waals surface area contributed by atoms with E-state index >= 15 is 0 Å². The van der Waals surface area contributed by atoms with E-state index < -0.39 is 0 Å². The average molecular weight is 280 g/mol. The van der Waals surface area contributed by atoms with Gasteiger partial charge in [0.2, 0.25) is 5.76 Å². The normalized spacial score (nSPS) is 29.5. The molecule has 2 atom stereocenters. The molecule has 2 aliphatic rings. The molecule has 1 amide bonds. The fourth-order valence-electron chi connectivity index (χ4n) is 3.13. The van der Waals surface area contributed by atoms with Crippen molar-refractivity contribution in [3.05, 3.63) is 17.5 Å². The largest absolute Gasteiger partial charge is 0.377 e. The summed E-state index contributed by atoms with van der Waals surface area (Å²) in [4.78, 5) is 14.2. The Labute approximate surface area is 118 Å². The Morgan fingerprint density at radius 2 is 2.50 bits per heavy atom.